The van der Waals surface area contributed by atoms with E-state index < -0.39 is 16.8 Å². The molecule has 0 heterocycles. The molecule has 2 aromatic rings. The number of ether oxygens (including phenoxy) is 1. The van der Waals surface area contributed by atoms with Crippen LogP contribution in [-0.4, -0.2) is 4.92 Å². The average Bonchev–Trinajstić information content (AvgIpc) is 2.42. The fraction of sp³-hybridized carbons (Fsp3) is 0.200. The summed E-state index contributed by atoms with van der Waals surface area (Å²) in [6.07, 6.45) is 0. The summed E-state index contributed by atoms with van der Waals surface area (Å²) in [5.74, 6) is 0.507. The first-order chi connectivity index (χ1) is 9.88. The van der Waals surface area contributed by atoms with E-state index in [2.05, 4.69) is 0 Å². The van der Waals surface area contributed by atoms with Crippen molar-refractivity contribution in [3.8, 4) is 11.5 Å². The van der Waals surface area contributed by atoms with Crippen molar-refractivity contribution in [1.82, 2.24) is 0 Å². The topological polar surface area (TPSA) is 78.4 Å². The first-order valence-corrected chi connectivity index (χ1v) is 6.36. The third kappa shape index (κ3) is 3.35. The van der Waals surface area contributed by atoms with E-state index in [1.165, 1.54) is 36.4 Å². The number of nitro benzene ring substituents is 1. The Morgan fingerprint density at radius 3 is 2.48 bits per heavy atom. The minimum Gasteiger partial charge on any atom is -0.457 e. The lowest BCUT2D eigenvalue weighted by molar-refractivity contribution is -0.384. The van der Waals surface area contributed by atoms with Crippen LogP contribution in [0.15, 0.2) is 36.4 Å². The van der Waals surface area contributed by atoms with Crippen molar-refractivity contribution in [3.05, 3.63) is 63.5 Å². The van der Waals surface area contributed by atoms with Crippen molar-refractivity contribution in [3.63, 3.8) is 0 Å². The summed E-state index contributed by atoms with van der Waals surface area (Å²) in [5.41, 5.74) is 6.94. The number of hydrogen-bond acceptors (Lipinski definition) is 4. The number of nitrogens with two attached hydrogens (primary N) is 1. The van der Waals surface area contributed by atoms with Gasteiger partial charge in [0.15, 0.2) is 0 Å². The minimum atomic E-state index is -0.470. The zero-order valence-electron chi connectivity index (χ0n) is 11.7. The van der Waals surface area contributed by atoms with Gasteiger partial charge in [-0.25, -0.2) is 4.39 Å². The van der Waals surface area contributed by atoms with E-state index in [1.807, 2.05) is 0 Å². The van der Waals surface area contributed by atoms with Gasteiger partial charge in [-0.3, -0.25) is 10.1 Å². The molecule has 6 heteroatoms. The van der Waals surface area contributed by atoms with Gasteiger partial charge in [0.05, 0.1) is 4.92 Å². The maximum atomic E-state index is 13.3. The summed E-state index contributed by atoms with van der Waals surface area (Å²) < 4.78 is 19.0. The average molecular weight is 290 g/mol. The highest BCUT2D eigenvalue weighted by molar-refractivity contribution is 5.46. The van der Waals surface area contributed by atoms with Crippen LogP contribution in [0.25, 0.3) is 0 Å². The summed E-state index contributed by atoms with van der Waals surface area (Å²) in [5, 5.41) is 10.7. The van der Waals surface area contributed by atoms with E-state index in [0.29, 0.717) is 22.6 Å². The van der Waals surface area contributed by atoms with Crippen molar-refractivity contribution in [2.75, 3.05) is 0 Å². The molecule has 0 aromatic heterocycles. The number of hydrogen-bond donors (Lipinski definition) is 1. The van der Waals surface area contributed by atoms with Crippen LogP contribution in [0.1, 0.15) is 24.1 Å². The molecular weight excluding hydrogens is 275 g/mol. The second kappa shape index (κ2) is 5.88. The molecule has 5 nitrogen and oxygen atoms in total. The molecule has 110 valence electrons. The second-order valence-corrected chi connectivity index (χ2v) is 4.78. The summed E-state index contributed by atoms with van der Waals surface area (Å²) in [7, 11) is 0. The van der Waals surface area contributed by atoms with Crippen molar-refractivity contribution in [2.24, 2.45) is 5.73 Å². The van der Waals surface area contributed by atoms with Crippen molar-refractivity contribution in [2.45, 2.75) is 19.9 Å². The molecule has 0 aliphatic rings. The van der Waals surface area contributed by atoms with E-state index in [1.54, 1.807) is 13.8 Å². The molecule has 2 aromatic carbocycles. The van der Waals surface area contributed by atoms with Crippen LogP contribution in [0, 0.1) is 22.9 Å². The molecule has 1 atom stereocenters. The SMILES string of the molecule is Cc1cc([N+](=O)[O-])ccc1Oc1ccc(F)cc1[C@H](C)N. The lowest BCUT2D eigenvalue weighted by Crippen LogP contribution is -2.07. The van der Waals surface area contributed by atoms with Gasteiger partial charge in [0.25, 0.3) is 5.69 Å². The van der Waals surface area contributed by atoms with Gasteiger partial charge in [-0.1, -0.05) is 0 Å². The van der Waals surface area contributed by atoms with Crippen LogP contribution < -0.4 is 10.5 Å². The van der Waals surface area contributed by atoms with Crippen LogP contribution in [-0.2, 0) is 0 Å². The third-order valence-electron chi connectivity index (χ3n) is 3.05. The number of rotatable bonds is 4. The molecule has 21 heavy (non-hydrogen) atoms. The quantitative estimate of drug-likeness (QED) is 0.685. The predicted molar refractivity (Wildman–Crippen MR) is 76.9 cm³/mol. The Labute approximate surface area is 121 Å². The molecule has 0 amide bonds. The van der Waals surface area contributed by atoms with Crippen LogP contribution in [0.5, 0.6) is 11.5 Å². The molecule has 2 N–H and O–H groups in total. The van der Waals surface area contributed by atoms with Gasteiger partial charge in [-0.15, -0.1) is 0 Å². The Morgan fingerprint density at radius 1 is 1.24 bits per heavy atom. The minimum absolute atomic E-state index is 0.00799. The summed E-state index contributed by atoms with van der Waals surface area (Å²) >= 11 is 0. The predicted octanol–water partition coefficient (Wildman–Crippen LogP) is 3.85. The Bertz CT molecular complexity index is 687. The number of non-ortho nitro benzene ring substituents is 1. The smallest absolute Gasteiger partial charge is 0.269 e. The molecule has 0 saturated carbocycles. The molecule has 0 unspecified atom stereocenters. The fourth-order valence-corrected chi connectivity index (χ4v) is 1.95. The molecule has 0 aliphatic carbocycles. The van der Waals surface area contributed by atoms with Crippen LogP contribution >= 0.6 is 0 Å². The van der Waals surface area contributed by atoms with Crippen LogP contribution in [0.4, 0.5) is 10.1 Å². The van der Waals surface area contributed by atoms with E-state index in [4.69, 9.17) is 10.5 Å². The number of aryl methyl sites for hydroxylation is 1. The zero-order chi connectivity index (χ0) is 15.6. The highest BCUT2D eigenvalue weighted by Gasteiger charge is 2.13. The number of benzene rings is 2. The monoisotopic (exact) mass is 290 g/mol. The molecule has 0 aliphatic heterocycles. The Morgan fingerprint density at radius 2 is 1.90 bits per heavy atom. The second-order valence-electron chi connectivity index (χ2n) is 4.78. The van der Waals surface area contributed by atoms with Gasteiger partial charge in [0, 0.05) is 23.7 Å². The molecule has 0 bridgehead atoms. The largest absolute Gasteiger partial charge is 0.457 e. The number of halogens is 1. The zero-order valence-corrected chi connectivity index (χ0v) is 11.7. The standard InChI is InChI=1S/C15H15FN2O3/c1-9-7-12(18(19)20)4-6-14(9)21-15-5-3-11(16)8-13(15)10(2)17/h3-8,10H,17H2,1-2H3/t10-/m0/s1. The summed E-state index contributed by atoms with van der Waals surface area (Å²) in [6.45, 7) is 3.43. The van der Waals surface area contributed by atoms with Crippen LogP contribution in [0.2, 0.25) is 0 Å². The van der Waals surface area contributed by atoms with Gasteiger partial charge in [-0.05, 0) is 43.7 Å². The fourth-order valence-electron chi connectivity index (χ4n) is 1.95. The number of nitro groups is 1. The Kier molecular flexibility index (Phi) is 4.18. The highest BCUT2D eigenvalue weighted by Crippen LogP contribution is 2.32. The van der Waals surface area contributed by atoms with Gasteiger partial charge in [0.1, 0.15) is 17.3 Å². The molecule has 2 rings (SSSR count). The summed E-state index contributed by atoms with van der Waals surface area (Å²) in [4.78, 5) is 10.2. The highest BCUT2D eigenvalue weighted by atomic mass is 19.1. The Balaban J connectivity index is 2.36. The molecule has 0 fully saturated rings. The lowest BCUT2D eigenvalue weighted by Gasteiger charge is -2.15. The molecule has 0 spiro atoms. The maximum absolute atomic E-state index is 13.3. The van der Waals surface area contributed by atoms with Gasteiger partial charge in [-0.2, -0.15) is 0 Å². The van der Waals surface area contributed by atoms with Gasteiger partial charge < -0.3 is 10.5 Å². The van der Waals surface area contributed by atoms with Gasteiger partial charge in [0.2, 0.25) is 0 Å². The first kappa shape index (κ1) is 14.9. The van der Waals surface area contributed by atoms with Crippen molar-refractivity contribution >= 4 is 5.69 Å². The van der Waals surface area contributed by atoms with Crippen molar-refractivity contribution in [1.29, 1.82) is 0 Å². The lowest BCUT2D eigenvalue weighted by atomic mass is 10.1. The third-order valence-corrected chi connectivity index (χ3v) is 3.05. The molecular formula is C15H15FN2O3. The van der Waals surface area contributed by atoms with E-state index in [-0.39, 0.29) is 5.69 Å². The maximum Gasteiger partial charge on any atom is 0.269 e. The Hall–Kier alpha value is -2.47. The van der Waals surface area contributed by atoms with E-state index in [0.717, 1.165) is 0 Å². The van der Waals surface area contributed by atoms with Crippen LogP contribution in [0.3, 0.4) is 0 Å². The normalized spacial score (nSPS) is 12.0. The molecule has 0 saturated heterocycles. The van der Waals surface area contributed by atoms with Gasteiger partial charge >= 0.3 is 0 Å². The molecule has 0 radical (unpaired) electrons. The van der Waals surface area contributed by atoms with E-state index >= 15 is 0 Å². The van der Waals surface area contributed by atoms with E-state index in [9.17, 15) is 14.5 Å². The van der Waals surface area contributed by atoms with Crippen molar-refractivity contribution < 1.29 is 14.1 Å². The number of nitrogens with zero attached hydrogens (tertiary/aromatic N) is 1. The summed E-state index contributed by atoms with van der Waals surface area (Å²) in [6, 6.07) is 8.00. The first-order valence-electron chi connectivity index (χ1n) is 6.36.